The number of nitrogens with one attached hydrogen (secondary N) is 1. The molecule has 126 valence electrons. The highest BCUT2D eigenvalue weighted by Gasteiger charge is 2.45. The molecule has 4 nitrogen and oxygen atoms in total. The summed E-state index contributed by atoms with van der Waals surface area (Å²) in [6, 6.07) is 0.305. The molecule has 1 heterocycles. The number of ether oxygens (including phenoxy) is 2. The van der Waals surface area contributed by atoms with E-state index in [9.17, 15) is 4.79 Å². The maximum atomic E-state index is 12.8. The van der Waals surface area contributed by atoms with Crippen molar-refractivity contribution in [2.45, 2.75) is 82.3 Å². The van der Waals surface area contributed by atoms with E-state index in [1.165, 1.54) is 38.5 Å². The van der Waals surface area contributed by atoms with E-state index in [1.54, 1.807) is 7.11 Å². The monoisotopic (exact) mass is 309 g/mol. The summed E-state index contributed by atoms with van der Waals surface area (Å²) < 4.78 is 11.3. The molecule has 1 atom stereocenters. The van der Waals surface area contributed by atoms with Crippen LogP contribution in [-0.2, 0) is 14.3 Å². The number of carbonyl (C=O) groups is 1. The standard InChI is InChI=1S/C18H31NO3/c1-21-13-11-17(7-5-8-17)16(20)19-15-6-12-22-18(14-15)9-3-2-4-10-18/h15H,2-14H2,1H3,(H,19,20). The van der Waals surface area contributed by atoms with Crippen LogP contribution >= 0.6 is 0 Å². The predicted octanol–water partition coefficient (Wildman–Crippen LogP) is 3.19. The molecular formula is C18H31NO3. The number of hydrogen-bond donors (Lipinski definition) is 1. The minimum Gasteiger partial charge on any atom is -0.385 e. The minimum atomic E-state index is -0.145. The van der Waals surface area contributed by atoms with Crippen molar-refractivity contribution in [2.24, 2.45) is 5.41 Å². The first-order chi connectivity index (χ1) is 10.7. The lowest BCUT2D eigenvalue weighted by molar-refractivity contribution is -0.142. The molecule has 2 saturated carbocycles. The molecule has 0 aromatic rings. The van der Waals surface area contributed by atoms with Gasteiger partial charge in [-0.2, -0.15) is 0 Å². The molecule has 0 radical (unpaired) electrons. The van der Waals surface area contributed by atoms with Gasteiger partial charge in [0.2, 0.25) is 5.91 Å². The van der Waals surface area contributed by atoms with E-state index in [-0.39, 0.29) is 16.9 Å². The second-order valence-electron chi connectivity index (χ2n) is 7.63. The smallest absolute Gasteiger partial charge is 0.226 e. The quantitative estimate of drug-likeness (QED) is 0.848. The molecule has 1 saturated heterocycles. The summed E-state index contributed by atoms with van der Waals surface area (Å²) in [6.45, 7) is 1.49. The van der Waals surface area contributed by atoms with Crippen LogP contribution in [0.1, 0.15) is 70.6 Å². The Balaban J connectivity index is 1.56. The average molecular weight is 309 g/mol. The fourth-order valence-corrected chi connectivity index (χ4v) is 4.53. The largest absolute Gasteiger partial charge is 0.385 e. The van der Waals surface area contributed by atoms with Gasteiger partial charge in [0, 0.05) is 26.4 Å². The highest BCUT2D eigenvalue weighted by atomic mass is 16.5. The SMILES string of the molecule is COCCC1(C(=O)NC2CCOC3(CCCCC3)C2)CCC1. The molecule has 3 aliphatic rings. The average Bonchev–Trinajstić information content (AvgIpc) is 2.47. The van der Waals surface area contributed by atoms with E-state index in [4.69, 9.17) is 9.47 Å². The van der Waals surface area contributed by atoms with E-state index >= 15 is 0 Å². The molecule has 3 rings (SSSR count). The Labute approximate surface area is 134 Å². The van der Waals surface area contributed by atoms with Crippen LogP contribution in [0.25, 0.3) is 0 Å². The molecule has 0 aromatic carbocycles. The van der Waals surface area contributed by atoms with Crippen LogP contribution in [0.4, 0.5) is 0 Å². The molecule has 22 heavy (non-hydrogen) atoms. The fourth-order valence-electron chi connectivity index (χ4n) is 4.53. The minimum absolute atomic E-state index is 0.0632. The van der Waals surface area contributed by atoms with Crippen molar-refractivity contribution >= 4 is 5.91 Å². The van der Waals surface area contributed by atoms with Crippen molar-refractivity contribution in [2.75, 3.05) is 20.3 Å². The summed E-state index contributed by atoms with van der Waals surface area (Å²) in [5.41, 5.74) is -0.0816. The van der Waals surface area contributed by atoms with Crippen molar-refractivity contribution in [3.05, 3.63) is 0 Å². The summed E-state index contributed by atoms with van der Waals surface area (Å²) in [6.07, 6.45) is 12.3. The zero-order chi connectivity index (χ0) is 15.5. The zero-order valence-electron chi connectivity index (χ0n) is 14.0. The summed E-state index contributed by atoms with van der Waals surface area (Å²) >= 11 is 0. The van der Waals surface area contributed by atoms with Crippen LogP contribution in [0.5, 0.6) is 0 Å². The lowest BCUT2D eigenvalue weighted by atomic mass is 9.66. The normalized spacial score (nSPS) is 29.8. The Kier molecular flexibility index (Phi) is 5.08. The number of rotatable bonds is 5. The summed E-state index contributed by atoms with van der Waals surface area (Å²) in [4.78, 5) is 12.8. The Morgan fingerprint density at radius 3 is 2.59 bits per heavy atom. The van der Waals surface area contributed by atoms with Gasteiger partial charge in [0.25, 0.3) is 0 Å². The van der Waals surface area contributed by atoms with Crippen molar-refractivity contribution in [1.29, 1.82) is 0 Å². The fraction of sp³-hybridized carbons (Fsp3) is 0.944. The van der Waals surface area contributed by atoms with Crippen molar-refractivity contribution in [3.8, 4) is 0 Å². The molecule has 1 aliphatic heterocycles. The first-order valence-corrected chi connectivity index (χ1v) is 9.12. The molecule has 1 amide bonds. The van der Waals surface area contributed by atoms with Gasteiger partial charge in [-0.3, -0.25) is 4.79 Å². The summed E-state index contributed by atoms with van der Waals surface area (Å²) in [5, 5.41) is 3.37. The highest BCUT2D eigenvalue weighted by Crippen LogP contribution is 2.45. The Morgan fingerprint density at radius 1 is 1.18 bits per heavy atom. The summed E-state index contributed by atoms with van der Waals surface area (Å²) in [5.74, 6) is 0.272. The van der Waals surface area contributed by atoms with Gasteiger partial charge in [-0.15, -0.1) is 0 Å². The number of hydrogen-bond acceptors (Lipinski definition) is 3. The van der Waals surface area contributed by atoms with E-state index in [0.717, 1.165) is 38.7 Å². The van der Waals surface area contributed by atoms with Gasteiger partial charge < -0.3 is 14.8 Å². The van der Waals surface area contributed by atoms with Gasteiger partial charge in [0.1, 0.15) is 0 Å². The Bertz CT molecular complexity index is 380. The van der Waals surface area contributed by atoms with Gasteiger partial charge in [-0.05, 0) is 44.9 Å². The molecule has 2 aliphatic carbocycles. The maximum absolute atomic E-state index is 12.8. The zero-order valence-corrected chi connectivity index (χ0v) is 14.0. The molecule has 4 heteroatoms. The van der Waals surface area contributed by atoms with Crippen molar-refractivity contribution in [1.82, 2.24) is 5.32 Å². The third-order valence-electron chi connectivity index (χ3n) is 6.17. The van der Waals surface area contributed by atoms with Crippen LogP contribution in [0.2, 0.25) is 0 Å². The van der Waals surface area contributed by atoms with Gasteiger partial charge in [-0.25, -0.2) is 0 Å². The van der Waals surface area contributed by atoms with Gasteiger partial charge >= 0.3 is 0 Å². The van der Waals surface area contributed by atoms with Gasteiger partial charge in [-0.1, -0.05) is 25.7 Å². The molecular weight excluding hydrogens is 278 g/mol. The highest BCUT2D eigenvalue weighted by molar-refractivity contribution is 5.83. The van der Waals surface area contributed by atoms with Crippen LogP contribution in [0.15, 0.2) is 0 Å². The third kappa shape index (κ3) is 3.33. The molecule has 1 N–H and O–H groups in total. The lowest BCUT2D eigenvalue weighted by Gasteiger charge is -2.46. The number of methoxy groups -OCH3 is 1. The van der Waals surface area contributed by atoms with Crippen LogP contribution in [0.3, 0.4) is 0 Å². The molecule has 1 unspecified atom stereocenters. The molecule has 0 aromatic heterocycles. The van der Waals surface area contributed by atoms with Gasteiger partial charge in [0.15, 0.2) is 0 Å². The van der Waals surface area contributed by atoms with Gasteiger partial charge in [0.05, 0.1) is 11.0 Å². The van der Waals surface area contributed by atoms with Crippen LogP contribution in [0, 0.1) is 5.41 Å². The second kappa shape index (κ2) is 6.88. The first kappa shape index (κ1) is 16.3. The molecule has 1 spiro atoms. The predicted molar refractivity (Wildman–Crippen MR) is 85.7 cm³/mol. The van der Waals surface area contributed by atoms with Crippen molar-refractivity contribution in [3.63, 3.8) is 0 Å². The van der Waals surface area contributed by atoms with Crippen LogP contribution < -0.4 is 5.32 Å². The van der Waals surface area contributed by atoms with E-state index in [0.29, 0.717) is 12.6 Å². The van der Waals surface area contributed by atoms with E-state index < -0.39 is 0 Å². The van der Waals surface area contributed by atoms with Crippen LogP contribution in [-0.4, -0.2) is 37.9 Å². The van der Waals surface area contributed by atoms with E-state index in [2.05, 4.69) is 5.32 Å². The lowest BCUT2D eigenvalue weighted by Crippen LogP contribution is -2.54. The second-order valence-corrected chi connectivity index (χ2v) is 7.63. The Hall–Kier alpha value is -0.610. The van der Waals surface area contributed by atoms with Crippen molar-refractivity contribution < 1.29 is 14.3 Å². The first-order valence-electron chi connectivity index (χ1n) is 9.12. The topological polar surface area (TPSA) is 47.6 Å². The number of carbonyl (C=O) groups excluding carboxylic acids is 1. The molecule has 0 bridgehead atoms. The maximum Gasteiger partial charge on any atom is 0.226 e. The number of amides is 1. The van der Waals surface area contributed by atoms with E-state index in [1.807, 2.05) is 0 Å². The summed E-state index contributed by atoms with van der Waals surface area (Å²) in [7, 11) is 1.72. The Morgan fingerprint density at radius 2 is 1.95 bits per heavy atom. The third-order valence-corrected chi connectivity index (χ3v) is 6.17. The molecule has 3 fully saturated rings.